The fourth-order valence-electron chi connectivity index (χ4n) is 3.05. The number of aromatic nitrogens is 2. The molecule has 2 N–H and O–H groups in total. The monoisotopic (exact) mass is 497 g/mol. The van der Waals surface area contributed by atoms with Crippen LogP contribution in [0, 0.1) is 18.6 Å². The molecule has 8 nitrogen and oxygen atoms in total. The summed E-state index contributed by atoms with van der Waals surface area (Å²) in [4.78, 5) is 24.6. The van der Waals surface area contributed by atoms with Gasteiger partial charge in [-0.2, -0.15) is 23.2 Å². The molecule has 0 aliphatic rings. The first-order valence-corrected chi connectivity index (χ1v) is 9.99. The standard InChI is InChI=1S/C22H20F5N5O3/c1-12-18(22(25,26)27)30-20(29-16-9-8-14(23)10-15(16)24)31-19(12)35-11-13-6-4-5-7-17(13)32(34-3)21(33)28-2/h4-10H,11H2,1-3H3,(H,28,33)(H,29,30,31). The van der Waals surface area contributed by atoms with Gasteiger partial charge in [-0.15, -0.1) is 0 Å². The second-order valence-corrected chi connectivity index (χ2v) is 7.02. The summed E-state index contributed by atoms with van der Waals surface area (Å²) in [6.07, 6.45) is -4.87. The van der Waals surface area contributed by atoms with Gasteiger partial charge in [0.25, 0.3) is 0 Å². The Morgan fingerprint density at radius 1 is 1.11 bits per heavy atom. The van der Waals surface area contributed by atoms with E-state index in [1.807, 2.05) is 0 Å². The van der Waals surface area contributed by atoms with Crippen molar-refractivity contribution >= 4 is 23.4 Å². The number of nitrogens with one attached hydrogen (secondary N) is 2. The van der Waals surface area contributed by atoms with Crippen LogP contribution in [0.2, 0.25) is 0 Å². The van der Waals surface area contributed by atoms with Gasteiger partial charge in [0.15, 0.2) is 5.69 Å². The second-order valence-electron chi connectivity index (χ2n) is 7.02. The highest BCUT2D eigenvalue weighted by atomic mass is 19.4. The van der Waals surface area contributed by atoms with Crippen molar-refractivity contribution in [1.29, 1.82) is 0 Å². The first-order valence-electron chi connectivity index (χ1n) is 9.99. The van der Waals surface area contributed by atoms with E-state index >= 15 is 0 Å². The molecule has 0 bridgehead atoms. The maximum Gasteiger partial charge on any atom is 0.433 e. The molecule has 1 aromatic heterocycles. The summed E-state index contributed by atoms with van der Waals surface area (Å²) < 4.78 is 73.6. The number of hydrogen-bond acceptors (Lipinski definition) is 6. The lowest BCUT2D eigenvalue weighted by atomic mass is 10.2. The summed E-state index contributed by atoms with van der Waals surface area (Å²) in [5, 5.41) is 5.66. The quantitative estimate of drug-likeness (QED) is 0.348. The maximum atomic E-state index is 14.0. The van der Waals surface area contributed by atoms with E-state index in [4.69, 9.17) is 9.57 Å². The van der Waals surface area contributed by atoms with Crippen LogP contribution in [0.5, 0.6) is 5.88 Å². The van der Waals surface area contributed by atoms with E-state index in [-0.39, 0.29) is 18.0 Å². The van der Waals surface area contributed by atoms with Crippen molar-refractivity contribution in [2.45, 2.75) is 19.7 Å². The van der Waals surface area contributed by atoms with E-state index in [1.54, 1.807) is 24.3 Å². The van der Waals surface area contributed by atoms with Gasteiger partial charge in [-0.1, -0.05) is 18.2 Å². The Bertz CT molecular complexity index is 1220. The van der Waals surface area contributed by atoms with Crippen molar-refractivity contribution in [2.75, 3.05) is 24.5 Å². The van der Waals surface area contributed by atoms with E-state index in [1.165, 1.54) is 14.2 Å². The van der Waals surface area contributed by atoms with E-state index in [2.05, 4.69) is 20.6 Å². The number of hydrogen-bond donors (Lipinski definition) is 2. The molecule has 186 valence electrons. The third-order valence-electron chi connectivity index (χ3n) is 4.70. The average molecular weight is 497 g/mol. The van der Waals surface area contributed by atoms with E-state index in [0.29, 0.717) is 11.6 Å². The summed E-state index contributed by atoms with van der Waals surface area (Å²) in [7, 11) is 2.67. The van der Waals surface area contributed by atoms with Gasteiger partial charge in [-0.05, 0) is 25.1 Å². The minimum absolute atomic E-state index is 0.281. The number of carbonyl (C=O) groups is 1. The summed E-state index contributed by atoms with van der Waals surface area (Å²) in [6, 6.07) is 8.29. The predicted octanol–water partition coefficient (Wildman–Crippen LogP) is 5.11. The Morgan fingerprint density at radius 3 is 2.46 bits per heavy atom. The van der Waals surface area contributed by atoms with Crippen molar-refractivity contribution in [1.82, 2.24) is 15.3 Å². The number of hydroxylamine groups is 1. The number of para-hydroxylation sites is 1. The largest absolute Gasteiger partial charge is 0.472 e. The van der Waals surface area contributed by atoms with Crippen LogP contribution in [0.25, 0.3) is 0 Å². The number of halogens is 5. The van der Waals surface area contributed by atoms with Crippen LogP contribution in [-0.2, 0) is 17.6 Å². The molecule has 35 heavy (non-hydrogen) atoms. The highest BCUT2D eigenvalue weighted by molar-refractivity contribution is 5.90. The van der Waals surface area contributed by atoms with Gasteiger partial charge in [0.2, 0.25) is 11.8 Å². The number of rotatable bonds is 7. The van der Waals surface area contributed by atoms with E-state index < -0.39 is 46.9 Å². The molecular formula is C22H20F5N5O3. The zero-order valence-corrected chi connectivity index (χ0v) is 18.7. The van der Waals surface area contributed by atoms with Crippen molar-refractivity contribution in [3.05, 3.63) is 70.9 Å². The summed E-state index contributed by atoms with van der Waals surface area (Å²) in [5.74, 6) is -2.96. The molecule has 2 amide bonds. The van der Waals surface area contributed by atoms with Crippen molar-refractivity contribution < 1.29 is 36.3 Å². The molecule has 0 radical (unpaired) electrons. The van der Waals surface area contributed by atoms with Gasteiger partial charge in [0, 0.05) is 24.2 Å². The van der Waals surface area contributed by atoms with Gasteiger partial charge in [-0.3, -0.25) is 4.84 Å². The van der Waals surface area contributed by atoms with Crippen molar-refractivity contribution in [3.8, 4) is 5.88 Å². The van der Waals surface area contributed by atoms with Crippen LogP contribution in [0.15, 0.2) is 42.5 Å². The van der Waals surface area contributed by atoms with Crippen LogP contribution >= 0.6 is 0 Å². The van der Waals surface area contributed by atoms with Crippen LogP contribution in [0.1, 0.15) is 16.8 Å². The first kappa shape index (κ1) is 25.6. The third-order valence-corrected chi connectivity index (χ3v) is 4.70. The molecule has 1 heterocycles. The van der Waals surface area contributed by atoms with Crippen molar-refractivity contribution in [3.63, 3.8) is 0 Å². The molecule has 0 unspecified atom stereocenters. The first-order chi connectivity index (χ1) is 16.5. The highest BCUT2D eigenvalue weighted by Crippen LogP contribution is 2.35. The fraction of sp³-hybridized carbons (Fsp3) is 0.227. The number of ether oxygens (including phenoxy) is 1. The van der Waals surface area contributed by atoms with Gasteiger partial charge in [-0.25, -0.2) is 18.6 Å². The van der Waals surface area contributed by atoms with Gasteiger partial charge in [0.05, 0.1) is 18.5 Å². The molecular weight excluding hydrogens is 477 g/mol. The van der Waals surface area contributed by atoms with Crippen LogP contribution in [0.4, 0.5) is 44.1 Å². The Morgan fingerprint density at radius 2 is 1.83 bits per heavy atom. The highest BCUT2D eigenvalue weighted by Gasteiger charge is 2.37. The molecule has 0 saturated heterocycles. The van der Waals surface area contributed by atoms with Crippen LogP contribution < -0.4 is 20.4 Å². The lowest BCUT2D eigenvalue weighted by molar-refractivity contribution is -0.141. The Kier molecular flexibility index (Phi) is 7.69. The van der Waals surface area contributed by atoms with Crippen LogP contribution in [-0.4, -0.2) is 30.2 Å². The SMILES string of the molecule is CNC(=O)N(OC)c1ccccc1COc1nc(Nc2ccc(F)cc2F)nc(C(F)(F)F)c1C. The van der Waals surface area contributed by atoms with E-state index in [9.17, 15) is 26.7 Å². The Hall–Kier alpha value is -4.00. The number of benzene rings is 2. The number of carbonyl (C=O) groups excluding carboxylic acids is 1. The van der Waals surface area contributed by atoms with Gasteiger partial charge < -0.3 is 15.4 Å². The summed E-state index contributed by atoms with van der Waals surface area (Å²) in [5.41, 5.74) is -1.37. The average Bonchev–Trinajstić information content (AvgIpc) is 2.81. The molecule has 0 aliphatic carbocycles. The molecule has 3 aromatic rings. The molecule has 0 fully saturated rings. The fourth-order valence-corrected chi connectivity index (χ4v) is 3.05. The number of alkyl halides is 3. The topological polar surface area (TPSA) is 88.6 Å². The minimum atomic E-state index is -4.87. The molecule has 0 saturated carbocycles. The number of urea groups is 1. The number of nitrogens with zero attached hydrogens (tertiary/aromatic N) is 3. The third kappa shape index (κ3) is 5.93. The summed E-state index contributed by atoms with van der Waals surface area (Å²) >= 11 is 0. The molecule has 0 atom stereocenters. The maximum absolute atomic E-state index is 14.0. The Labute approximate surface area is 196 Å². The van der Waals surface area contributed by atoms with Gasteiger partial charge in [0.1, 0.15) is 18.2 Å². The zero-order valence-electron chi connectivity index (χ0n) is 18.7. The zero-order chi connectivity index (χ0) is 25.8. The second kappa shape index (κ2) is 10.5. The van der Waals surface area contributed by atoms with Crippen LogP contribution in [0.3, 0.4) is 0 Å². The summed E-state index contributed by atoms with van der Waals surface area (Å²) in [6.45, 7) is 0.824. The molecule has 3 rings (SSSR count). The molecule has 13 heteroatoms. The predicted molar refractivity (Wildman–Crippen MR) is 116 cm³/mol. The lowest BCUT2D eigenvalue weighted by Crippen LogP contribution is -2.37. The van der Waals surface area contributed by atoms with Crippen molar-refractivity contribution in [2.24, 2.45) is 0 Å². The number of amides is 2. The molecule has 0 spiro atoms. The Balaban J connectivity index is 1.97. The van der Waals surface area contributed by atoms with Gasteiger partial charge >= 0.3 is 12.2 Å². The normalized spacial score (nSPS) is 11.2. The lowest BCUT2D eigenvalue weighted by Gasteiger charge is -2.22. The number of anilines is 3. The minimum Gasteiger partial charge on any atom is -0.472 e. The van der Waals surface area contributed by atoms with E-state index in [0.717, 1.165) is 24.1 Å². The molecule has 2 aromatic carbocycles. The smallest absolute Gasteiger partial charge is 0.433 e. The molecule has 0 aliphatic heterocycles.